The van der Waals surface area contributed by atoms with E-state index in [-0.39, 0.29) is 12.1 Å². The van der Waals surface area contributed by atoms with E-state index in [0.29, 0.717) is 17.5 Å². The highest BCUT2D eigenvalue weighted by Gasteiger charge is 2.28. The Morgan fingerprint density at radius 3 is 2.85 bits per heavy atom. The van der Waals surface area contributed by atoms with E-state index in [1.54, 1.807) is 0 Å². The number of carbonyl (C=O) groups is 1. The molecule has 1 saturated heterocycles. The molecule has 0 bridgehead atoms. The van der Waals surface area contributed by atoms with E-state index in [1.165, 1.54) is 5.56 Å². The van der Waals surface area contributed by atoms with Gasteiger partial charge < -0.3 is 15.0 Å². The molecular weight excluding hydrogens is 364 g/mol. The highest BCUT2D eigenvalue weighted by atomic mass is 35.5. The monoisotopic (exact) mass is 388 g/mol. The lowest BCUT2D eigenvalue weighted by atomic mass is 9.90. The fourth-order valence-corrected chi connectivity index (χ4v) is 4.26. The molecule has 144 valence electrons. The van der Waals surface area contributed by atoms with Gasteiger partial charge in [-0.15, -0.1) is 0 Å². The molecule has 1 aromatic carbocycles. The number of carbonyl (C=O) groups excluding carboxylic acids is 1. The van der Waals surface area contributed by atoms with Gasteiger partial charge in [0.15, 0.2) is 0 Å². The fourth-order valence-electron chi connectivity index (χ4n) is 4.10. The number of likely N-dealkylation sites (tertiary alicyclic amines) is 1. The maximum Gasteiger partial charge on any atom is 0.317 e. The van der Waals surface area contributed by atoms with Crippen LogP contribution in [0.1, 0.15) is 54.5 Å². The second-order valence-corrected chi connectivity index (χ2v) is 7.82. The van der Waals surface area contributed by atoms with Crippen LogP contribution < -0.4 is 10.1 Å². The van der Waals surface area contributed by atoms with Crippen LogP contribution in [0, 0.1) is 6.92 Å². The van der Waals surface area contributed by atoms with Crippen molar-refractivity contribution >= 4 is 17.6 Å². The molecule has 1 atom stereocenters. The van der Waals surface area contributed by atoms with E-state index in [2.05, 4.69) is 22.4 Å². The minimum absolute atomic E-state index is 0.00478. The third kappa shape index (κ3) is 3.90. The smallest absolute Gasteiger partial charge is 0.317 e. The van der Waals surface area contributed by atoms with Crippen LogP contribution in [0.3, 0.4) is 0 Å². The molecule has 2 aromatic rings. The van der Waals surface area contributed by atoms with Crippen LogP contribution in [0.15, 0.2) is 24.4 Å². The molecule has 4 rings (SSSR count). The summed E-state index contributed by atoms with van der Waals surface area (Å²) in [7, 11) is 0. The Bertz CT molecular complexity index is 814. The van der Waals surface area contributed by atoms with Crippen molar-refractivity contribution in [2.75, 3.05) is 19.7 Å². The molecule has 0 saturated carbocycles. The summed E-state index contributed by atoms with van der Waals surface area (Å²) in [6, 6.07) is 5.61. The third-order valence-corrected chi connectivity index (χ3v) is 5.87. The number of hydrogen-bond donors (Lipinski definition) is 2. The highest BCUT2D eigenvalue weighted by molar-refractivity contribution is 6.30. The molecule has 2 N–H and O–H groups in total. The molecule has 2 aliphatic rings. The number of nitrogens with zero attached hydrogens (tertiary/aromatic N) is 2. The molecule has 6 nitrogen and oxygen atoms in total. The van der Waals surface area contributed by atoms with Gasteiger partial charge in [0.2, 0.25) is 0 Å². The minimum Gasteiger partial charge on any atom is -0.493 e. The summed E-state index contributed by atoms with van der Waals surface area (Å²) < 4.78 is 5.79. The molecule has 7 heteroatoms. The van der Waals surface area contributed by atoms with Gasteiger partial charge in [0.25, 0.3) is 0 Å². The number of benzene rings is 1. The Labute approximate surface area is 164 Å². The summed E-state index contributed by atoms with van der Waals surface area (Å²) in [6.45, 7) is 4.23. The van der Waals surface area contributed by atoms with Gasteiger partial charge in [0.05, 0.1) is 18.8 Å². The lowest BCUT2D eigenvalue weighted by Gasteiger charge is -2.33. The average molecular weight is 389 g/mol. The van der Waals surface area contributed by atoms with E-state index < -0.39 is 0 Å². The van der Waals surface area contributed by atoms with Crippen LogP contribution in [0.5, 0.6) is 5.75 Å². The van der Waals surface area contributed by atoms with E-state index in [9.17, 15) is 4.79 Å². The molecule has 3 heterocycles. The number of fused-ring (bicyclic) bond motifs is 1. The van der Waals surface area contributed by atoms with Gasteiger partial charge in [-0.05, 0) is 56.2 Å². The molecule has 2 amide bonds. The quantitative estimate of drug-likeness (QED) is 0.810. The molecule has 1 aromatic heterocycles. The number of nitrogens with one attached hydrogen (secondary N) is 2. The summed E-state index contributed by atoms with van der Waals surface area (Å²) >= 11 is 6.09. The van der Waals surface area contributed by atoms with Gasteiger partial charge in [-0.2, -0.15) is 5.10 Å². The summed E-state index contributed by atoms with van der Waals surface area (Å²) in [4.78, 5) is 14.8. The van der Waals surface area contributed by atoms with Crippen molar-refractivity contribution in [3.05, 3.63) is 46.2 Å². The summed E-state index contributed by atoms with van der Waals surface area (Å²) in [5, 5.41) is 11.0. The first kappa shape index (κ1) is 18.2. The van der Waals surface area contributed by atoms with Crippen molar-refractivity contribution in [2.24, 2.45) is 0 Å². The number of urea groups is 1. The van der Waals surface area contributed by atoms with Gasteiger partial charge in [-0.1, -0.05) is 17.7 Å². The zero-order chi connectivity index (χ0) is 18.8. The molecule has 1 unspecified atom stereocenters. The van der Waals surface area contributed by atoms with Crippen molar-refractivity contribution in [3.63, 3.8) is 0 Å². The number of halogens is 1. The van der Waals surface area contributed by atoms with Gasteiger partial charge in [0, 0.05) is 29.4 Å². The first-order valence-corrected chi connectivity index (χ1v) is 9.97. The van der Waals surface area contributed by atoms with E-state index in [4.69, 9.17) is 16.3 Å². The van der Waals surface area contributed by atoms with Gasteiger partial charge in [-0.3, -0.25) is 5.10 Å². The number of aryl methyl sites for hydroxylation is 1. The SMILES string of the molecule is Cc1[nH]ncc1C1CCN(C(=O)NC2CCCOc3cc(Cl)ccc32)CC1. The Hall–Kier alpha value is -2.21. The van der Waals surface area contributed by atoms with Crippen molar-refractivity contribution < 1.29 is 9.53 Å². The van der Waals surface area contributed by atoms with Crippen LogP contribution in [-0.4, -0.2) is 40.8 Å². The van der Waals surface area contributed by atoms with Crippen molar-refractivity contribution in [1.82, 2.24) is 20.4 Å². The maximum absolute atomic E-state index is 12.8. The molecule has 0 radical (unpaired) electrons. The molecule has 1 fully saturated rings. The molecule has 0 aliphatic carbocycles. The van der Waals surface area contributed by atoms with Crippen LogP contribution in [-0.2, 0) is 0 Å². The van der Waals surface area contributed by atoms with E-state index >= 15 is 0 Å². The second-order valence-electron chi connectivity index (χ2n) is 7.39. The molecular formula is C20H25ClN4O2. The fraction of sp³-hybridized carbons (Fsp3) is 0.500. The van der Waals surface area contributed by atoms with Gasteiger partial charge in [0.1, 0.15) is 5.75 Å². The number of rotatable bonds is 2. The molecule has 2 aliphatic heterocycles. The predicted molar refractivity (Wildman–Crippen MR) is 104 cm³/mol. The molecule has 27 heavy (non-hydrogen) atoms. The minimum atomic E-state index is -0.0406. The Morgan fingerprint density at radius 1 is 1.30 bits per heavy atom. The first-order chi connectivity index (χ1) is 13.1. The Kier molecular flexibility index (Phi) is 5.25. The largest absolute Gasteiger partial charge is 0.493 e. The second kappa shape index (κ2) is 7.80. The zero-order valence-electron chi connectivity index (χ0n) is 15.5. The Balaban J connectivity index is 1.39. The predicted octanol–water partition coefficient (Wildman–Crippen LogP) is 4.17. The zero-order valence-corrected chi connectivity index (χ0v) is 16.3. The van der Waals surface area contributed by atoms with Gasteiger partial charge >= 0.3 is 6.03 Å². The standard InChI is InChI=1S/C20H25ClN4O2/c1-13-17(12-22-24-13)14-6-8-25(9-7-14)20(26)23-18-3-2-10-27-19-11-15(21)4-5-16(18)19/h4-5,11-12,14,18H,2-3,6-10H2,1H3,(H,22,24)(H,23,26). The lowest BCUT2D eigenvalue weighted by molar-refractivity contribution is 0.177. The Morgan fingerprint density at radius 2 is 2.11 bits per heavy atom. The van der Waals surface area contributed by atoms with Crippen molar-refractivity contribution in [2.45, 2.75) is 44.6 Å². The lowest BCUT2D eigenvalue weighted by Crippen LogP contribution is -2.45. The normalized spacial score (nSPS) is 20.5. The van der Waals surface area contributed by atoms with Crippen molar-refractivity contribution in [1.29, 1.82) is 0 Å². The number of H-pyrrole nitrogens is 1. The summed E-state index contributed by atoms with van der Waals surface area (Å²) in [5.74, 6) is 1.25. The third-order valence-electron chi connectivity index (χ3n) is 5.63. The number of aromatic nitrogens is 2. The number of aromatic amines is 1. The first-order valence-electron chi connectivity index (χ1n) is 9.59. The average Bonchev–Trinajstić information content (AvgIpc) is 3.00. The number of hydrogen-bond acceptors (Lipinski definition) is 3. The summed E-state index contributed by atoms with van der Waals surface area (Å²) in [5.41, 5.74) is 3.42. The number of ether oxygens (including phenoxy) is 1. The van der Waals surface area contributed by atoms with E-state index in [1.807, 2.05) is 29.3 Å². The number of piperidine rings is 1. The van der Waals surface area contributed by atoms with E-state index in [0.717, 1.165) is 55.8 Å². The maximum atomic E-state index is 12.8. The van der Waals surface area contributed by atoms with Crippen LogP contribution in [0.25, 0.3) is 0 Å². The summed E-state index contributed by atoms with van der Waals surface area (Å²) in [6.07, 6.45) is 5.62. The number of amides is 2. The molecule has 0 spiro atoms. The van der Waals surface area contributed by atoms with Crippen molar-refractivity contribution in [3.8, 4) is 5.75 Å². The topological polar surface area (TPSA) is 70.2 Å². The van der Waals surface area contributed by atoms with Crippen LogP contribution in [0.4, 0.5) is 4.79 Å². The van der Waals surface area contributed by atoms with Crippen LogP contribution in [0.2, 0.25) is 5.02 Å². The highest BCUT2D eigenvalue weighted by Crippen LogP contribution is 2.34. The van der Waals surface area contributed by atoms with Crippen LogP contribution >= 0.6 is 11.6 Å². The van der Waals surface area contributed by atoms with Gasteiger partial charge in [-0.25, -0.2) is 4.79 Å².